The van der Waals surface area contributed by atoms with Crippen molar-refractivity contribution < 1.29 is 14.7 Å². The smallest absolute Gasteiger partial charge is 0.305 e. The second-order valence-electron chi connectivity index (χ2n) is 4.41. The van der Waals surface area contributed by atoms with Crippen molar-refractivity contribution in [2.45, 2.75) is 37.6 Å². The maximum absolute atomic E-state index is 11.6. The van der Waals surface area contributed by atoms with Crippen LogP contribution >= 0.6 is 0 Å². The first-order valence-electron chi connectivity index (χ1n) is 5.75. The zero-order valence-corrected chi connectivity index (χ0v) is 9.79. The molecular formula is C12H18N2O3. The van der Waals surface area contributed by atoms with Gasteiger partial charge in [-0.2, -0.15) is 0 Å². The van der Waals surface area contributed by atoms with Gasteiger partial charge in [-0.15, -0.1) is 6.42 Å². The third kappa shape index (κ3) is 4.45. The molecule has 0 aromatic heterocycles. The second kappa shape index (κ2) is 6.26. The number of carbonyl (C=O) groups excluding carboxylic acids is 1. The summed E-state index contributed by atoms with van der Waals surface area (Å²) in [6, 6.07) is 0. The minimum absolute atomic E-state index is 0.00607. The van der Waals surface area contributed by atoms with Crippen LogP contribution in [0, 0.1) is 12.3 Å². The predicted octanol–water partition coefficient (Wildman–Crippen LogP) is 0.113. The van der Waals surface area contributed by atoms with Crippen LogP contribution in [0.2, 0.25) is 0 Å². The van der Waals surface area contributed by atoms with Crippen molar-refractivity contribution >= 4 is 11.9 Å². The molecule has 0 aromatic rings. The highest BCUT2D eigenvalue weighted by molar-refractivity contribution is 5.80. The summed E-state index contributed by atoms with van der Waals surface area (Å²) in [5, 5.41) is 14.5. The van der Waals surface area contributed by atoms with E-state index in [1.807, 2.05) is 0 Å². The zero-order valence-electron chi connectivity index (χ0n) is 9.79. The van der Waals surface area contributed by atoms with Gasteiger partial charge < -0.3 is 10.4 Å². The minimum Gasteiger partial charge on any atom is -0.481 e. The van der Waals surface area contributed by atoms with Crippen molar-refractivity contribution in [3.05, 3.63) is 0 Å². The number of nitrogens with one attached hydrogen (secondary N) is 2. The van der Waals surface area contributed by atoms with Crippen LogP contribution in [0.4, 0.5) is 0 Å². The molecule has 0 radical (unpaired) electrons. The number of amides is 1. The molecule has 0 aromatic carbocycles. The van der Waals surface area contributed by atoms with Crippen molar-refractivity contribution in [1.29, 1.82) is 0 Å². The van der Waals surface area contributed by atoms with Gasteiger partial charge in [-0.25, -0.2) is 0 Å². The summed E-state index contributed by atoms with van der Waals surface area (Å²) in [7, 11) is 0. The highest BCUT2D eigenvalue weighted by Crippen LogP contribution is 2.32. The van der Waals surface area contributed by atoms with Gasteiger partial charge in [0.15, 0.2) is 0 Å². The molecule has 1 fully saturated rings. The average Bonchev–Trinajstić information content (AvgIpc) is 2.65. The van der Waals surface area contributed by atoms with E-state index in [0.717, 1.165) is 25.7 Å². The summed E-state index contributed by atoms with van der Waals surface area (Å²) < 4.78 is 0. The summed E-state index contributed by atoms with van der Waals surface area (Å²) in [4.78, 5) is 22.4. The molecule has 1 saturated carbocycles. The number of aliphatic carboxylic acids is 1. The van der Waals surface area contributed by atoms with E-state index in [2.05, 4.69) is 16.6 Å². The number of rotatable bonds is 6. The topological polar surface area (TPSA) is 78.4 Å². The summed E-state index contributed by atoms with van der Waals surface area (Å²) >= 11 is 0. The van der Waals surface area contributed by atoms with Crippen LogP contribution in [0.1, 0.15) is 32.1 Å². The van der Waals surface area contributed by atoms with Crippen LogP contribution < -0.4 is 10.6 Å². The highest BCUT2D eigenvalue weighted by atomic mass is 16.4. The summed E-state index contributed by atoms with van der Waals surface area (Å²) in [5.41, 5.74) is -0.555. The average molecular weight is 238 g/mol. The Kier molecular flexibility index (Phi) is 4.98. The summed E-state index contributed by atoms with van der Waals surface area (Å²) in [6.07, 6.45) is 8.44. The lowest BCUT2D eigenvalue weighted by Crippen LogP contribution is -2.50. The Morgan fingerprint density at radius 3 is 2.53 bits per heavy atom. The summed E-state index contributed by atoms with van der Waals surface area (Å²) in [6.45, 7) is 0.463. The van der Waals surface area contributed by atoms with Crippen LogP contribution in [0.5, 0.6) is 0 Å². The fourth-order valence-corrected chi connectivity index (χ4v) is 2.28. The van der Waals surface area contributed by atoms with Crippen molar-refractivity contribution in [3.63, 3.8) is 0 Å². The molecule has 17 heavy (non-hydrogen) atoms. The number of carboxylic acids is 1. The van der Waals surface area contributed by atoms with Crippen molar-refractivity contribution in [2.24, 2.45) is 0 Å². The Bertz CT molecular complexity index is 327. The molecule has 1 aliphatic carbocycles. The predicted molar refractivity (Wildman–Crippen MR) is 63.3 cm³/mol. The van der Waals surface area contributed by atoms with E-state index >= 15 is 0 Å². The largest absolute Gasteiger partial charge is 0.481 e. The Morgan fingerprint density at radius 1 is 1.35 bits per heavy atom. The number of carboxylic acid groups (broad SMARTS) is 1. The van der Waals surface area contributed by atoms with E-state index < -0.39 is 11.5 Å². The molecule has 3 N–H and O–H groups in total. The van der Waals surface area contributed by atoms with Gasteiger partial charge in [0.2, 0.25) is 5.91 Å². The quantitative estimate of drug-likeness (QED) is 0.453. The second-order valence-corrected chi connectivity index (χ2v) is 4.41. The van der Waals surface area contributed by atoms with Crippen LogP contribution in [-0.2, 0) is 9.59 Å². The fraction of sp³-hybridized carbons (Fsp3) is 0.667. The van der Waals surface area contributed by atoms with Crippen LogP contribution in [0.25, 0.3) is 0 Å². The highest BCUT2D eigenvalue weighted by Gasteiger charge is 2.37. The van der Waals surface area contributed by atoms with E-state index in [0.29, 0.717) is 6.54 Å². The van der Waals surface area contributed by atoms with E-state index in [1.54, 1.807) is 0 Å². The molecule has 1 rings (SSSR count). The zero-order chi connectivity index (χ0) is 12.7. The van der Waals surface area contributed by atoms with Crippen molar-refractivity contribution in [3.8, 4) is 12.3 Å². The molecule has 0 aliphatic heterocycles. The molecule has 0 unspecified atom stereocenters. The van der Waals surface area contributed by atoms with Gasteiger partial charge in [-0.1, -0.05) is 18.8 Å². The summed E-state index contributed by atoms with van der Waals surface area (Å²) in [5.74, 6) is 1.31. The molecule has 0 atom stereocenters. The van der Waals surface area contributed by atoms with Crippen molar-refractivity contribution in [2.75, 3.05) is 13.1 Å². The third-order valence-electron chi connectivity index (χ3n) is 2.97. The van der Waals surface area contributed by atoms with Gasteiger partial charge in [0.25, 0.3) is 0 Å². The van der Waals surface area contributed by atoms with E-state index in [4.69, 9.17) is 11.5 Å². The molecule has 0 bridgehead atoms. The van der Waals surface area contributed by atoms with Crippen molar-refractivity contribution in [1.82, 2.24) is 10.6 Å². The SMILES string of the molecule is C#CCNCC(=O)NC1(CC(=O)O)CCCC1. The maximum atomic E-state index is 11.6. The number of terminal acetylenes is 1. The molecule has 0 saturated heterocycles. The van der Waals surface area contributed by atoms with E-state index in [-0.39, 0.29) is 18.9 Å². The van der Waals surface area contributed by atoms with Gasteiger partial charge in [-0.3, -0.25) is 14.9 Å². The van der Waals surface area contributed by atoms with Gasteiger partial charge >= 0.3 is 5.97 Å². The maximum Gasteiger partial charge on any atom is 0.305 e. The number of carbonyl (C=O) groups is 2. The third-order valence-corrected chi connectivity index (χ3v) is 2.97. The molecule has 94 valence electrons. The Morgan fingerprint density at radius 2 is 2.00 bits per heavy atom. The van der Waals surface area contributed by atoms with Crippen LogP contribution in [0.3, 0.4) is 0 Å². The first-order chi connectivity index (χ1) is 8.08. The van der Waals surface area contributed by atoms with E-state index in [1.165, 1.54) is 0 Å². The molecular weight excluding hydrogens is 220 g/mol. The molecule has 1 amide bonds. The molecule has 1 aliphatic rings. The van der Waals surface area contributed by atoms with Crippen LogP contribution in [0.15, 0.2) is 0 Å². The van der Waals surface area contributed by atoms with Gasteiger partial charge in [0.05, 0.1) is 25.0 Å². The molecule has 5 nitrogen and oxygen atoms in total. The van der Waals surface area contributed by atoms with Gasteiger partial charge in [0, 0.05) is 0 Å². The lowest BCUT2D eigenvalue weighted by molar-refractivity contribution is -0.139. The Hall–Kier alpha value is -1.54. The van der Waals surface area contributed by atoms with Gasteiger partial charge in [0.1, 0.15) is 0 Å². The Labute approximate surface area is 101 Å². The molecule has 0 heterocycles. The monoisotopic (exact) mass is 238 g/mol. The van der Waals surface area contributed by atoms with Gasteiger partial charge in [-0.05, 0) is 12.8 Å². The lowest BCUT2D eigenvalue weighted by atomic mass is 9.93. The standard InChI is InChI=1S/C12H18N2O3/c1-2-7-13-9-10(15)14-12(8-11(16)17)5-3-4-6-12/h1,13H,3-9H2,(H,14,15)(H,16,17). The first kappa shape index (κ1) is 13.5. The normalized spacial score (nSPS) is 17.4. The van der Waals surface area contributed by atoms with E-state index in [9.17, 15) is 9.59 Å². The van der Waals surface area contributed by atoms with Crippen LogP contribution in [-0.4, -0.2) is 35.6 Å². The number of hydrogen-bond donors (Lipinski definition) is 3. The number of hydrogen-bond acceptors (Lipinski definition) is 3. The minimum atomic E-state index is -0.871. The molecule has 0 spiro atoms. The fourth-order valence-electron chi connectivity index (χ4n) is 2.28. The lowest BCUT2D eigenvalue weighted by Gasteiger charge is -2.28. The Balaban J connectivity index is 2.46. The molecule has 5 heteroatoms. The first-order valence-corrected chi connectivity index (χ1v) is 5.75.